The Hall–Kier alpha value is -2.49. The van der Waals surface area contributed by atoms with Crippen molar-refractivity contribution >= 4 is 5.97 Å². The predicted octanol–water partition coefficient (Wildman–Crippen LogP) is 3.17. The Morgan fingerprint density at radius 3 is 2.81 bits per heavy atom. The second kappa shape index (κ2) is 5.13. The van der Waals surface area contributed by atoms with E-state index in [0.29, 0.717) is 12.0 Å². The number of rotatable bonds is 1. The summed E-state index contributed by atoms with van der Waals surface area (Å²) in [5, 5.41) is 9.68. The van der Waals surface area contributed by atoms with Gasteiger partial charge in [0.15, 0.2) is 0 Å². The number of carbonyl (C=O) groups excluding carboxylic acids is 1. The number of phenolic OH excluding ortho intramolecular Hbond substituents is 1. The van der Waals surface area contributed by atoms with Gasteiger partial charge in [-0.25, -0.2) is 4.79 Å². The quantitative estimate of drug-likeness (QED) is 0.817. The molecule has 1 heterocycles. The molecule has 0 aliphatic carbocycles. The second-order valence-corrected chi connectivity index (χ2v) is 5.18. The molecule has 0 aromatic heterocycles. The molecule has 4 heteroatoms. The van der Waals surface area contributed by atoms with Gasteiger partial charge in [0.05, 0.1) is 18.8 Å². The largest absolute Gasteiger partial charge is 0.508 e. The van der Waals surface area contributed by atoms with E-state index in [-0.39, 0.29) is 17.8 Å². The first kappa shape index (κ1) is 13.5. The van der Waals surface area contributed by atoms with E-state index < -0.39 is 0 Å². The maximum atomic E-state index is 11.7. The minimum Gasteiger partial charge on any atom is -0.508 e. The zero-order valence-electron chi connectivity index (χ0n) is 11.9. The summed E-state index contributed by atoms with van der Waals surface area (Å²) in [7, 11) is 1.36. The van der Waals surface area contributed by atoms with Crippen LogP contribution in [0.4, 0.5) is 0 Å². The van der Waals surface area contributed by atoms with Crippen molar-refractivity contribution < 1.29 is 19.4 Å². The highest BCUT2D eigenvalue weighted by molar-refractivity contribution is 5.92. The maximum absolute atomic E-state index is 11.7. The molecule has 0 saturated heterocycles. The highest BCUT2D eigenvalue weighted by Gasteiger charge is 2.21. The average molecular weight is 284 g/mol. The first-order valence-electron chi connectivity index (χ1n) is 6.80. The van der Waals surface area contributed by atoms with Crippen LogP contribution in [0.5, 0.6) is 11.5 Å². The van der Waals surface area contributed by atoms with Crippen LogP contribution in [0, 0.1) is 0 Å². The summed E-state index contributed by atoms with van der Waals surface area (Å²) < 4.78 is 10.7. The van der Waals surface area contributed by atoms with E-state index >= 15 is 0 Å². The lowest BCUT2D eigenvalue weighted by molar-refractivity contribution is 0.0600. The van der Waals surface area contributed by atoms with Crippen molar-refractivity contribution in [3.63, 3.8) is 0 Å². The van der Waals surface area contributed by atoms with Gasteiger partial charge in [-0.1, -0.05) is 6.07 Å². The van der Waals surface area contributed by atoms with E-state index in [1.165, 1.54) is 7.11 Å². The molecule has 1 aliphatic rings. The van der Waals surface area contributed by atoms with Gasteiger partial charge in [0.2, 0.25) is 0 Å². The fourth-order valence-corrected chi connectivity index (χ4v) is 2.67. The maximum Gasteiger partial charge on any atom is 0.337 e. The van der Waals surface area contributed by atoms with Gasteiger partial charge in [-0.3, -0.25) is 0 Å². The number of ether oxygens (including phenoxy) is 2. The first-order valence-corrected chi connectivity index (χ1v) is 6.80. The van der Waals surface area contributed by atoms with Gasteiger partial charge in [-0.15, -0.1) is 0 Å². The molecule has 1 unspecified atom stereocenters. The van der Waals surface area contributed by atoms with Gasteiger partial charge in [-0.05, 0) is 48.4 Å². The van der Waals surface area contributed by atoms with Crippen molar-refractivity contribution in [3.8, 4) is 22.6 Å². The minimum atomic E-state index is -0.379. The number of carbonyl (C=O) groups is 1. The van der Waals surface area contributed by atoms with Crippen LogP contribution >= 0.6 is 0 Å². The smallest absolute Gasteiger partial charge is 0.337 e. The average Bonchev–Trinajstić information content (AvgIpc) is 2.60. The number of hydrogen-bond donors (Lipinski definition) is 1. The molecule has 4 nitrogen and oxygen atoms in total. The Morgan fingerprint density at radius 2 is 2.05 bits per heavy atom. The molecule has 0 spiro atoms. The molecule has 3 rings (SSSR count). The zero-order chi connectivity index (χ0) is 15.0. The van der Waals surface area contributed by atoms with Gasteiger partial charge in [-0.2, -0.15) is 0 Å². The third-order valence-corrected chi connectivity index (χ3v) is 3.62. The molecular formula is C17H16O4. The molecule has 0 fully saturated rings. The summed E-state index contributed by atoms with van der Waals surface area (Å²) >= 11 is 0. The van der Waals surface area contributed by atoms with E-state index in [4.69, 9.17) is 9.47 Å². The second-order valence-electron chi connectivity index (χ2n) is 5.18. The fraction of sp³-hybridized carbons (Fsp3) is 0.235. The topological polar surface area (TPSA) is 55.8 Å². The van der Waals surface area contributed by atoms with E-state index in [9.17, 15) is 9.90 Å². The highest BCUT2D eigenvalue weighted by Crippen LogP contribution is 2.38. The van der Waals surface area contributed by atoms with E-state index in [0.717, 1.165) is 22.4 Å². The van der Waals surface area contributed by atoms with Crippen LogP contribution in [0.1, 0.15) is 22.8 Å². The third kappa shape index (κ3) is 2.44. The molecule has 1 N–H and O–H groups in total. The number of hydrogen-bond acceptors (Lipinski definition) is 4. The number of esters is 1. The van der Waals surface area contributed by atoms with Crippen LogP contribution in [-0.4, -0.2) is 24.3 Å². The summed E-state index contributed by atoms with van der Waals surface area (Å²) in [4.78, 5) is 11.7. The van der Waals surface area contributed by atoms with Crippen LogP contribution in [0.25, 0.3) is 11.1 Å². The number of phenols is 1. The van der Waals surface area contributed by atoms with Crippen LogP contribution in [-0.2, 0) is 11.2 Å². The zero-order valence-corrected chi connectivity index (χ0v) is 11.9. The Labute approximate surface area is 122 Å². The Kier molecular flexibility index (Phi) is 3.29. The lowest BCUT2D eigenvalue weighted by Gasteiger charge is -2.13. The molecule has 1 aliphatic heterocycles. The number of fused-ring (bicyclic) bond motifs is 3. The van der Waals surface area contributed by atoms with Crippen LogP contribution in [0.2, 0.25) is 0 Å². The molecule has 0 radical (unpaired) electrons. The molecule has 2 aromatic rings. The number of aromatic hydroxyl groups is 1. The molecule has 0 bridgehead atoms. The number of methoxy groups -OCH3 is 1. The molecule has 21 heavy (non-hydrogen) atoms. The number of benzene rings is 2. The minimum absolute atomic E-state index is 0.00391. The fourth-order valence-electron chi connectivity index (χ4n) is 2.67. The summed E-state index contributed by atoms with van der Waals surface area (Å²) in [5.41, 5.74) is 3.30. The van der Waals surface area contributed by atoms with E-state index in [1.807, 2.05) is 13.0 Å². The molecule has 2 aromatic carbocycles. The van der Waals surface area contributed by atoms with Gasteiger partial charge in [0, 0.05) is 12.0 Å². The normalized spacial score (nSPS) is 16.2. The molecule has 0 amide bonds. The van der Waals surface area contributed by atoms with Crippen molar-refractivity contribution in [2.75, 3.05) is 7.11 Å². The third-order valence-electron chi connectivity index (χ3n) is 3.62. The molecule has 0 saturated carbocycles. The first-order chi connectivity index (χ1) is 10.1. The van der Waals surface area contributed by atoms with E-state index in [1.54, 1.807) is 30.3 Å². The van der Waals surface area contributed by atoms with Crippen LogP contribution in [0.3, 0.4) is 0 Å². The Morgan fingerprint density at radius 1 is 1.24 bits per heavy atom. The lowest BCUT2D eigenvalue weighted by atomic mass is 9.95. The SMILES string of the molecule is COC(=O)c1ccc2c(c1)-c1ccc(O)cc1CC(C)O2. The van der Waals surface area contributed by atoms with Crippen LogP contribution in [0.15, 0.2) is 36.4 Å². The summed E-state index contributed by atoms with van der Waals surface area (Å²) in [5.74, 6) is 0.587. The van der Waals surface area contributed by atoms with Crippen molar-refractivity contribution in [1.29, 1.82) is 0 Å². The van der Waals surface area contributed by atoms with Gasteiger partial charge in [0.25, 0.3) is 0 Å². The van der Waals surface area contributed by atoms with Gasteiger partial charge < -0.3 is 14.6 Å². The lowest BCUT2D eigenvalue weighted by Crippen LogP contribution is -2.13. The van der Waals surface area contributed by atoms with Gasteiger partial charge in [0.1, 0.15) is 11.5 Å². The summed E-state index contributed by atoms with van der Waals surface area (Å²) in [6.07, 6.45) is 0.696. The van der Waals surface area contributed by atoms with E-state index in [2.05, 4.69) is 0 Å². The highest BCUT2D eigenvalue weighted by atomic mass is 16.5. The molecule has 108 valence electrons. The van der Waals surface area contributed by atoms with Crippen LogP contribution < -0.4 is 4.74 Å². The van der Waals surface area contributed by atoms with Crippen molar-refractivity contribution in [2.45, 2.75) is 19.4 Å². The molecule has 1 atom stereocenters. The van der Waals surface area contributed by atoms with Gasteiger partial charge >= 0.3 is 5.97 Å². The Balaban J connectivity index is 2.20. The van der Waals surface area contributed by atoms with Crippen molar-refractivity contribution in [2.24, 2.45) is 0 Å². The summed E-state index contributed by atoms with van der Waals surface area (Å²) in [6, 6.07) is 10.5. The standard InChI is InChI=1S/C17H16O4/c1-10-7-12-8-13(18)4-5-14(12)15-9-11(17(19)20-2)3-6-16(15)21-10/h3-6,8-10,18H,7H2,1-2H3. The van der Waals surface area contributed by atoms with Crippen molar-refractivity contribution in [3.05, 3.63) is 47.5 Å². The predicted molar refractivity (Wildman–Crippen MR) is 78.7 cm³/mol. The Bertz CT molecular complexity index is 706. The molecular weight excluding hydrogens is 268 g/mol. The monoisotopic (exact) mass is 284 g/mol. The van der Waals surface area contributed by atoms with Crippen molar-refractivity contribution in [1.82, 2.24) is 0 Å². The summed E-state index contributed by atoms with van der Waals surface area (Å²) in [6.45, 7) is 1.98.